The van der Waals surface area contributed by atoms with E-state index in [4.69, 9.17) is 14.0 Å². The predicted molar refractivity (Wildman–Crippen MR) is 139 cm³/mol. The van der Waals surface area contributed by atoms with Gasteiger partial charge in [-0.1, -0.05) is 0 Å². The summed E-state index contributed by atoms with van der Waals surface area (Å²) in [5.74, 6) is 0.448. The number of carbonyl (C=O) groups excluding carboxylic acids is 2. The van der Waals surface area contributed by atoms with Gasteiger partial charge in [0.1, 0.15) is 11.6 Å². The normalized spacial score (nSPS) is 22.2. The molecule has 11 heteroatoms. The number of rotatable bonds is 6. The lowest BCUT2D eigenvalue weighted by Crippen LogP contribution is -2.55. The molecule has 3 heterocycles. The molecule has 0 bridgehead atoms. The summed E-state index contributed by atoms with van der Waals surface area (Å²) in [6, 6.07) is -0.688. The van der Waals surface area contributed by atoms with Crippen molar-refractivity contribution in [2.24, 2.45) is 0 Å². The van der Waals surface area contributed by atoms with Crippen molar-refractivity contribution in [2.75, 3.05) is 25.0 Å². The van der Waals surface area contributed by atoms with Gasteiger partial charge in [-0.15, -0.1) is 0 Å². The van der Waals surface area contributed by atoms with Crippen LogP contribution in [0.2, 0.25) is 0 Å². The minimum atomic E-state index is -0.679. The molecule has 1 N–H and O–H groups in total. The molecule has 0 radical (unpaired) electrons. The molecule has 200 valence electrons. The van der Waals surface area contributed by atoms with E-state index in [0.717, 1.165) is 24.7 Å². The lowest BCUT2D eigenvalue weighted by molar-refractivity contribution is -0.136. The van der Waals surface area contributed by atoms with Crippen LogP contribution in [0.25, 0.3) is 0 Å². The number of hydrogen-bond acceptors (Lipinski definition) is 8. The first-order valence-electron chi connectivity index (χ1n) is 12.8. The van der Waals surface area contributed by atoms with E-state index in [0.29, 0.717) is 19.0 Å². The van der Waals surface area contributed by atoms with Gasteiger partial charge >= 0.3 is 13.2 Å². The molecule has 2 aliphatic rings. The molecular formula is C25H42BN5O5. The lowest BCUT2D eigenvalue weighted by atomic mass is 9.81. The summed E-state index contributed by atoms with van der Waals surface area (Å²) in [7, 11) is 1.41. The summed E-state index contributed by atoms with van der Waals surface area (Å²) in [6.07, 6.45) is 5.73. The number of nitrogens with zero attached hydrogens (tertiary/aromatic N) is 4. The molecule has 0 spiro atoms. The van der Waals surface area contributed by atoms with E-state index >= 15 is 0 Å². The lowest BCUT2D eigenvalue weighted by Gasteiger charge is -2.39. The zero-order valence-electron chi connectivity index (χ0n) is 23.3. The highest BCUT2D eigenvalue weighted by atomic mass is 16.7. The van der Waals surface area contributed by atoms with Crippen LogP contribution in [0.3, 0.4) is 0 Å². The molecule has 2 fully saturated rings. The second-order valence-electron chi connectivity index (χ2n) is 11.8. The quantitative estimate of drug-likeness (QED) is 0.591. The fourth-order valence-electron chi connectivity index (χ4n) is 4.30. The van der Waals surface area contributed by atoms with Crippen molar-refractivity contribution in [3.05, 3.63) is 12.4 Å². The molecule has 2 atom stereocenters. The number of amides is 2. The Labute approximate surface area is 215 Å². The fourth-order valence-corrected chi connectivity index (χ4v) is 4.30. The van der Waals surface area contributed by atoms with Crippen molar-refractivity contribution in [2.45, 2.75) is 104 Å². The van der Waals surface area contributed by atoms with Gasteiger partial charge in [-0.2, -0.15) is 0 Å². The summed E-state index contributed by atoms with van der Waals surface area (Å²) in [6.45, 7) is 16.3. The Bertz CT molecular complexity index is 918. The Balaban J connectivity index is 1.62. The number of aromatic nitrogens is 2. The molecule has 3 rings (SSSR count). The fraction of sp³-hybridized carbons (Fsp3) is 0.760. The highest BCUT2D eigenvalue weighted by molar-refractivity contribution is 6.61. The average Bonchev–Trinajstić information content (AvgIpc) is 2.99. The summed E-state index contributed by atoms with van der Waals surface area (Å²) in [5, 5.41) is 2.67. The Morgan fingerprint density at radius 2 is 1.78 bits per heavy atom. The molecule has 36 heavy (non-hydrogen) atoms. The summed E-state index contributed by atoms with van der Waals surface area (Å²) < 4.78 is 17.5. The molecule has 2 aliphatic heterocycles. The van der Waals surface area contributed by atoms with Gasteiger partial charge in [-0.05, 0) is 74.7 Å². The van der Waals surface area contributed by atoms with Crippen LogP contribution in [0.4, 0.5) is 10.7 Å². The van der Waals surface area contributed by atoms with Crippen molar-refractivity contribution in [1.82, 2.24) is 20.2 Å². The van der Waals surface area contributed by atoms with E-state index in [1.165, 1.54) is 0 Å². The Morgan fingerprint density at radius 1 is 1.19 bits per heavy atom. The highest BCUT2D eigenvalue weighted by Gasteiger charge is 2.52. The predicted octanol–water partition coefficient (Wildman–Crippen LogP) is 2.51. The number of likely N-dealkylation sites (tertiary alicyclic amines) is 1. The maximum atomic E-state index is 13.2. The Hall–Kier alpha value is -2.40. The van der Waals surface area contributed by atoms with Gasteiger partial charge in [0.05, 0.1) is 11.2 Å². The Morgan fingerprint density at radius 3 is 2.33 bits per heavy atom. The molecule has 1 aromatic heterocycles. The third-order valence-corrected chi connectivity index (χ3v) is 7.02. The van der Waals surface area contributed by atoms with Crippen LogP contribution >= 0.6 is 0 Å². The van der Waals surface area contributed by atoms with Gasteiger partial charge < -0.3 is 29.2 Å². The van der Waals surface area contributed by atoms with E-state index in [-0.39, 0.29) is 11.9 Å². The third-order valence-electron chi connectivity index (χ3n) is 7.02. The maximum absolute atomic E-state index is 13.2. The third kappa shape index (κ3) is 6.67. The number of nitrogens with one attached hydrogen (secondary N) is 1. The number of hydrogen-bond donors (Lipinski definition) is 1. The van der Waals surface area contributed by atoms with Gasteiger partial charge in [0, 0.05) is 44.0 Å². The molecule has 0 aliphatic carbocycles. The molecule has 0 saturated carbocycles. The first-order chi connectivity index (χ1) is 16.6. The van der Waals surface area contributed by atoms with Gasteiger partial charge in [-0.25, -0.2) is 14.8 Å². The molecular weight excluding hydrogens is 461 g/mol. The number of likely N-dealkylation sites (N-methyl/N-ethyl adjacent to an activating group) is 1. The number of alkyl carbamates (subject to hydrolysis) is 1. The minimum Gasteiger partial charge on any atom is -0.444 e. The van der Waals surface area contributed by atoms with E-state index in [1.54, 1.807) is 40.1 Å². The van der Waals surface area contributed by atoms with Crippen LogP contribution in [-0.2, 0) is 18.8 Å². The average molecular weight is 503 g/mol. The summed E-state index contributed by atoms with van der Waals surface area (Å²) in [5.41, 5.74) is -0.720. The number of piperidine rings is 1. The minimum absolute atomic E-state index is 0.00879. The van der Waals surface area contributed by atoms with Crippen LogP contribution in [0.5, 0.6) is 0 Å². The molecule has 0 aromatic carbocycles. The second kappa shape index (κ2) is 10.5. The summed E-state index contributed by atoms with van der Waals surface area (Å²) >= 11 is 0. The van der Waals surface area contributed by atoms with Crippen LogP contribution < -0.4 is 15.7 Å². The van der Waals surface area contributed by atoms with Crippen molar-refractivity contribution in [3.8, 4) is 0 Å². The van der Waals surface area contributed by atoms with Crippen LogP contribution in [0, 0.1) is 0 Å². The SMILES string of the molecule is C[C@@H](NC(=O)OC(C)(C)C)C(=O)N1CCCC[C@H]1CN(C)c1ncc(B2OC(C)(C)C(C)(C)O2)cn1. The standard InChI is InChI=1S/C25H42BN5O5/c1-17(29-22(33)34-23(2,3)4)20(32)31-13-11-10-12-19(31)16-30(9)21-27-14-18(15-28-21)26-35-24(5,6)25(7,8)36-26/h14-15,17,19H,10-13,16H2,1-9H3,(H,29,33)/t17-,19+/m1/s1. The molecule has 2 amide bonds. The zero-order chi connectivity index (χ0) is 26.9. The number of anilines is 1. The first kappa shape index (κ1) is 28.2. The van der Waals surface area contributed by atoms with Gasteiger partial charge in [0.25, 0.3) is 0 Å². The van der Waals surface area contributed by atoms with Gasteiger partial charge in [-0.3, -0.25) is 4.79 Å². The first-order valence-corrected chi connectivity index (χ1v) is 12.8. The highest BCUT2D eigenvalue weighted by Crippen LogP contribution is 2.36. The van der Waals surface area contributed by atoms with Crippen molar-refractivity contribution in [1.29, 1.82) is 0 Å². The van der Waals surface area contributed by atoms with E-state index in [2.05, 4.69) is 15.3 Å². The largest absolute Gasteiger partial charge is 0.498 e. The van der Waals surface area contributed by atoms with E-state index in [9.17, 15) is 9.59 Å². The van der Waals surface area contributed by atoms with Crippen molar-refractivity contribution < 1.29 is 23.6 Å². The van der Waals surface area contributed by atoms with Crippen LogP contribution in [0.15, 0.2) is 12.4 Å². The van der Waals surface area contributed by atoms with Gasteiger partial charge in [0.15, 0.2) is 0 Å². The van der Waals surface area contributed by atoms with Crippen LogP contribution in [-0.4, -0.2) is 83.0 Å². The molecule has 10 nitrogen and oxygen atoms in total. The Kier molecular flexibility index (Phi) is 8.25. The molecule has 2 saturated heterocycles. The summed E-state index contributed by atoms with van der Waals surface area (Å²) in [4.78, 5) is 38.2. The molecule has 1 aromatic rings. The topological polar surface area (TPSA) is 106 Å². The smallest absolute Gasteiger partial charge is 0.444 e. The monoisotopic (exact) mass is 503 g/mol. The maximum Gasteiger partial charge on any atom is 0.498 e. The van der Waals surface area contributed by atoms with Gasteiger partial charge in [0.2, 0.25) is 11.9 Å². The van der Waals surface area contributed by atoms with Crippen molar-refractivity contribution >= 4 is 30.5 Å². The van der Waals surface area contributed by atoms with Crippen LogP contribution in [0.1, 0.15) is 74.7 Å². The number of carbonyl (C=O) groups is 2. The van der Waals surface area contributed by atoms with Crippen molar-refractivity contribution in [3.63, 3.8) is 0 Å². The molecule has 0 unspecified atom stereocenters. The van der Waals surface area contributed by atoms with E-state index < -0.39 is 36.1 Å². The second-order valence-corrected chi connectivity index (χ2v) is 11.8. The van der Waals surface area contributed by atoms with E-state index in [1.807, 2.05) is 44.5 Å². The zero-order valence-corrected chi connectivity index (χ0v) is 23.3. The number of ether oxygens (including phenoxy) is 1.